The lowest BCUT2D eigenvalue weighted by molar-refractivity contribution is -0.127. The van der Waals surface area contributed by atoms with E-state index in [0.29, 0.717) is 37.6 Å². The summed E-state index contributed by atoms with van der Waals surface area (Å²) in [6.07, 6.45) is 1.54. The van der Waals surface area contributed by atoms with Gasteiger partial charge in [-0.25, -0.2) is 9.69 Å². The average Bonchev–Trinajstić information content (AvgIpc) is 3.08. The fraction of sp³-hybridized carbons (Fsp3) is 0.115. The van der Waals surface area contributed by atoms with E-state index < -0.39 is 24.4 Å². The van der Waals surface area contributed by atoms with Crippen LogP contribution in [0.2, 0.25) is 5.02 Å². The van der Waals surface area contributed by atoms with Gasteiger partial charge in [0.1, 0.15) is 24.6 Å². The zero-order valence-electron chi connectivity index (χ0n) is 19.0. The second kappa shape index (κ2) is 11.3. The second-order valence-corrected chi connectivity index (χ2v) is 10.2. The van der Waals surface area contributed by atoms with E-state index in [0.717, 1.165) is 16.0 Å². The number of nitrogens with one attached hydrogen (secondary N) is 2. The van der Waals surface area contributed by atoms with Crippen molar-refractivity contribution in [1.82, 2.24) is 10.2 Å². The molecule has 0 aliphatic carbocycles. The molecule has 10 heteroatoms. The highest BCUT2D eigenvalue weighted by Crippen LogP contribution is 2.36. The highest BCUT2D eigenvalue weighted by atomic mass is 79.9. The molecule has 0 bridgehead atoms. The molecule has 3 aromatic carbocycles. The molecule has 0 atom stereocenters. The molecule has 36 heavy (non-hydrogen) atoms. The molecule has 184 valence electrons. The van der Waals surface area contributed by atoms with Crippen molar-refractivity contribution in [3.05, 3.63) is 97.0 Å². The number of hydrogen-bond acceptors (Lipinski definition) is 4. The van der Waals surface area contributed by atoms with Gasteiger partial charge in [0.2, 0.25) is 5.91 Å². The van der Waals surface area contributed by atoms with Crippen molar-refractivity contribution in [2.45, 2.75) is 13.5 Å². The fourth-order valence-corrected chi connectivity index (χ4v) is 4.98. The van der Waals surface area contributed by atoms with Gasteiger partial charge in [0.05, 0.1) is 8.95 Å². The molecule has 0 unspecified atom stereocenters. The first-order valence-corrected chi connectivity index (χ1v) is 12.7. The van der Waals surface area contributed by atoms with Crippen molar-refractivity contribution in [1.29, 1.82) is 0 Å². The van der Waals surface area contributed by atoms with E-state index in [1.165, 1.54) is 6.08 Å². The summed E-state index contributed by atoms with van der Waals surface area (Å²) in [5.41, 5.74) is 3.30. The Hall–Kier alpha value is -3.14. The van der Waals surface area contributed by atoms with E-state index in [1.54, 1.807) is 36.4 Å². The van der Waals surface area contributed by atoms with Gasteiger partial charge in [-0.1, -0.05) is 41.4 Å². The highest BCUT2D eigenvalue weighted by Gasteiger charge is 2.35. The lowest BCUT2D eigenvalue weighted by Crippen LogP contribution is -2.38. The molecule has 4 amide bonds. The van der Waals surface area contributed by atoms with Crippen LogP contribution >= 0.6 is 43.5 Å². The van der Waals surface area contributed by atoms with Crippen molar-refractivity contribution in [3.8, 4) is 5.75 Å². The molecule has 2 N–H and O–H groups in total. The molecular weight excluding hydrogens is 614 g/mol. The molecule has 0 radical (unpaired) electrons. The molecule has 1 fully saturated rings. The predicted molar refractivity (Wildman–Crippen MR) is 146 cm³/mol. The van der Waals surface area contributed by atoms with Gasteiger partial charge >= 0.3 is 6.03 Å². The van der Waals surface area contributed by atoms with Gasteiger partial charge in [-0.3, -0.25) is 9.59 Å². The Bertz CT molecular complexity index is 1340. The second-order valence-electron chi connectivity index (χ2n) is 8.02. The van der Waals surface area contributed by atoms with Crippen LogP contribution in [-0.2, 0) is 16.2 Å². The lowest BCUT2D eigenvalue weighted by atomic mass is 10.2. The zero-order chi connectivity index (χ0) is 25.8. The number of ether oxygens (including phenoxy) is 1. The third-order valence-corrected chi connectivity index (χ3v) is 6.66. The first kappa shape index (κ1) is 25.9. The van der Waals surface area contributed by atoms with Crippen molar-refractivity contribution < 1.29 is 19.1 Å². The van der Waals surface area contributed by atoms with E-state index in [4.69, 9.17) is 16.3 Å². The number of nitrogens with zero attached hydrogens (tertiary/aromatic N) is 1. The van der Waals surface area contributed by atoms with Crippen LogP contribution in [0, 0.1) is 6.92 Å². The molecule has 1 aliphatic rings. The van der Waals surface area contributed by atoms with Gasteiger partial charge in [-0.15, -0.1) is 0 Å². The minimum absolute atomic E-state index is 0.0665. The number of hydrogen-bond donors (Lipinski definition) is 2. The van der Waals surface area contributed by atoms with E-state index in [-0.39, 0.29) is 5.70 Å². The summed E-state index contributed by atoms with van der Waals surface area (Å²) >= 11 is 12.9. The average molecular weight is 634 g/mol. The number of aryl methyl sites for hydroxylation is 1. The van der Waals surface area contributed by atoms with E-state index in [2.05, 4.69) is 42.5 Å². The first-order valence-electron chi connectivity index (χ1n) is 10.8. The van der Waals surface area contributed by atoms with Crippen LogP contribution in [0.15, 0.2) is 75.3 Å². The largest absolute Gasteiger partial charge is 0.487 e. The summed E-state index contributed by atoms with van der Waals surface area (Å²) in [5.74, 6) is -0.478. The maximum Gasteiger partial charge on any atom is 0.329 e. The maximum atomic E-state index is 12.8. The van der Waals surface area contributed by atoms with Gasteiger partial charge in [0.25, 0.3) is 5.91 Å². The minimum atomic E-state index is -0.661. The molecule has 1 aliphatic heterocycles. The van der Waals surface area contributed by atoms with Gasteiger partial charge in [-0.2, -0.15) is 0 Å². The Morgan fingerprint density at radius 1 is 1.06 bits per heavy atom. The Morgan fingerprint density at radius 3 is 2.33 bits per heavy atom. The molecule has 4 rings (SSSR count). The van der Waals surface area contributed by atoms with Crippen LogP contribution in [0.1, 0.15) is 16.7 Å². The molecule has 1 saturated heterocycles. The highest BCUT2D eigenvalue weighted by molar-refractivity contribution is 9.11. The zero-order valence-corrected chi connectivity index (χ0v) is 22.9. The summed E-state index contributed by atoms with van der Waals surface area (Å²) in [6, 6.07) is 17.4. The first-order chi connectivity index (χ1) is 17.2. The molecule has 0 aromatic heterocycles. The van der Waals surface area contributed by atoms with Crippen LogP contribution < -0.4 is 15.4 Å². The Labute approximate surface area is 229 Å². The van der Waals surface area contributed by atoms with E-state index >= 15 is 0 Å². The number of rotatable bonds is 7. The monoisotopic (exact) mass is 631 g/mol. The standard InChI is InChI=1S/C26H20Br2ClN3O4/c1-15-2-8-19(9-3-15)30-23(33)13-32-25(34)22(31-26(32)35)12-17-10-20(27)24(21(28)11-17)36-14-16-4-6-18(29)7-5-16/h2-12H,13-14H2,1H3,(H,30,33)(H,31,35)/b22-12+. The van der Waals surface area contributed by atoms with Crippen LogP contribution in [0.3, 0.4) is 0 Å². The van der Waals surface area contributed by atoms with E-state index in [9.17, 15) is 14.4 Å². The Morgan fingerprint density at radius 2 is 1.69 bits per heavy atom. The smallest absolute Gasteiger partial charge is 0.329 e. The predicted octanol–water partition coefficient (Wildman–Crippen LogP) is 6.28. The number of benzene rings is 3. The van der Waals surface area contributed by atoms with Crippen molar-refractivity contribution in [3.63, 3.8) is 0 Å². The summed E-state index contributed by atoms with van der Waals surface area (Å²) in [7, 11) is 0. The van der Waals surface area contributed by atoms with Crippen LogP contribution in [0.4, 0.5) is 10.5 Å². The summed E-state index contributed by atoms with van der Waals surface area (Å²) < 4.78 is 7.24. The summed E-state index contributed by atoms with van der Waals surface area (Å²) in [5, 5.41) is 5.86. The summed E-state index contributed by atoms with van der Waals surface area (Å²) in [4.78, 5) is 38.4. The number of imide groups is 1. The molecule has 0 saturated carbocycles. The number of carbonyl (C=O) groups is 3. The van der Waals surface area contributed by atoms with Gasteiger partial charge in [-0.05, 0) is 92.4 Å². The van der Waals surface area contributed by atoms with Gasteiger partial charge in [0.15, 0.2) is 0 Å². The number of carbonyl (C=O) groups excluding carboxylic acids is 3. The lowest BCUT2D eigenvalue weighted by Gasteiger charge is -2.12. The Kier molecular flexibility index (Phi) is 8.13. The molecular formula is C26H20Br2ClN3O4. The van der Waals surface area contributed by atoms with Crippen LogP contribution in [0.5, 0.6) is 5.75 Å². The van der Waals surface area contributed by atoms with Gasteiger partial charge in [0, 0.05) is 10.7 Å². The Balaban J connectivity index is 1.43. The fourth-order valence-electron chi connectivity index (χ4n) is 3.40. The SMILES string of the molecule is Cc1ccc(NC(=O)CN2C(=O)N/C(=C/c3cc(Br)c(OCc4ccc(Cl)cc4)c(Br)c3)C2=O)cc1. The van der Waals surface area contributed by atoms with Crippen LogP contribution in [-0.4, -0.2) is 29.3 Å². The number of anilines is 1. The van der Waals surface area contributed by atoms with E-state index in [1.807, 2.05) is 31.2 Å². The number of urea groups is 1. The molecule has 1 heterocycles. The molecule has 7 nitrogen and oxygen atoms in total. The van der Waals surface area contributed by atoms with Crippen molar-refractivity contribution in [2.24, 2.45) is 0 Å². The van der Waals surface area contributed by atoms with Gasteiger partial charge < -0.3 is 15.4 Å². The number of amides is 4. The maximum absolute atomic E-state index is 12.8. The topological polar surface area (TPSA) is 87.7 Å². The third-order valence-electron chi connectivity index (χ3n) is 5.23. The quantitative estimate of drug-likeness (QED) is 0.237. The van der Waals surface area contributed by atoms with Crippen LogP contribution in [0.25, 0.3) is 6.08 Å². The number of halogens is 3. The molecule has 3 aromatic rings. The molecule has 0 spiro atoms. The summed E-state index contributed by atoms with van der Waals surface area (Å²) in [6.45, 7) is 1.87. The normalized spacial score (nSPS) is 14.2. The third kappa shape index (κ3) is 6.34. The van der Waals surface area contributed by atoms with Crippen molar-refractivity contribution in [2.75, 3.05) is 11.9 Å². The van der Waals surface area contributed by atoms with Crippen molar-refractivity contribution >= 4 is 73.1 Å². The minimum Gasteiger partial charge on any atom is -0.487 e.